The van der Waals surface area contributed by atoms with Crippen LogP contribution in [0.15, 0.2) is 43.0 Å². The summed E-state index contributed by atoms with van der Waals surface area (Å²) in [5, 5.41) is 4.19. The number of benzene rings is 1. The van der Waals surface area contributed by atoms with Crippen molar-refractivity contribution in [1.29, 1.82) is 0 Å². The van der Waals surface area contributed by atoms with E-state index in [9.17, 15) is 4.79 Å². The van der Waals surface area contributed by atoms with Crippen molar-refractivity contribution in [3.63, 3.8) is 0 Å². The Morgan fingerprint density at radius 2 is 2.19 bits per heavy atom. The maximum atomic E-state index is 12.8. The molecule has 0 atom stereocenters. The van der Waals surface area contributed by atoms with Crippen molar-refractivity contribution in [3.8, 4) is 0 Å². The summed E-state index contributed by atoms with van der Waals surface area (Å²) >= 11 is 0. The molecule has 0 spiro atoms. The van der Waals surface area contributed by atoms with E-state index >= 15 is 0 Å². The number of amides is 1. The molecule has 0 radical (unpaired) electrons. The summed E-state index contributed by atoms with van der Waals surface area (Å²) in [6.07, 6.45) is 7.38. The van der Waals surface area contributed by atoms with Crippen LogP contribution >= 0.6 is 0 Å². The Labute approximate surface area is 120 Å². The third-order valence-electron chi connectivity index (χ3n) is 3.86. The number of fused-ring (bicyclic) bond motifs is 2. The molecule has 21 heavy (non-hydrogen) atoms. The van der Waals surface area contributed by atoms with Crippen molar-refractivity contribution in [1.82, 2.24) is 14.6 Å². The molecule has 2 N–H and O–H groups in total. The molecular formula is C15H13N5O. The lowest BCUT2D eigenvalue weighted by atomic mass is 10.1. The lowest BCUT2D eigenvalue weighted by Crippen LogP contribution is -2.28. The van der Waals surface area contributed by atoms with Gasteiger partial charge in [0.15, 0.2) is 0 Å². The molecule has 6 heteroatoms. The van der Waals surface area contributed by atoms with Crippen molar-refractivity contribution in [2.24, 2.45) is 0 Å². The summed E-state index contributed by atoms with van der Waals surface area (Å²) in [5.41, 5.74) is 9.92. The fourth-order valence-corrected chi connectivity index (χ4v) is 2.82. The standard InChI is InChI=1S/C15H13N5O/c16-12-2-1-3-13-10(12)4-6-19(13)15(21)11-8-18-20-7-5-17-9-14(11)20/h1-3,5,7-9H,4,6,16H2. The largest absolute Gasteiger partial charge is 0.398 e. The first-order valence-electron chi connectivity index (χ1n) is 6.72. The number of hydrogen-bond donors (Lipinski definition) is 1. The molecule has 6 nitrogen and oxygen atoms in total. The van der Waals surface area contributed by atoms with E-state index in [1.807, 2.05) is 18.2 Å². The number of rotatable bonds is 1. The van der Waals surface area contributed by atoms with E-state index in [4.69, 9.17) is 5.73 Å². The van der Waals surface area contributed by atoms with Gasteiger partial charge in [-0.15, -0.1) is 0 Å². The average molecular weight is 279 g/mol. The molecule has 104 valence electrons. The van der Waals surface area contributed by atoms with Gasteiger partial charge in [-0.05, 0) is 18.6 Å². The lowest BCUT2D eigenvalue weighted by Gasteiger charge is -2.16. The zero-order valence-electron chi connectivity index (χ0n) is 11.2. The quantitative estimate of drug-likeness (QED) is 0.685. The van der Waals surface area contributed by atoms with Gasteiger partial charge in [0.05, 0.1) is 23.5 Å². The number of nitrogens with two attached hydrogens (primary N) is 1. The number of hydrogen-bond acceptors (Lipinski definition) is 4. The van der Waals surface area contributed by atoms with Gasteiger partial charge in [-0.1, -0.05) is 6.07 Å². The van der Waals surface area contributed by atoms with Gasteiger partial charge in [0, 0.05) is 35.9 Å². The molecule has 1 aliphatic heterocycles. The molecule has 1 aliphatic rings. The number of carbonyl (C=O) groups excluding carboxylic acids is 1. The number of carbonyl (C=O) groups is 1. The van der Waals surface area contributed by atoms with Crippen LogP contribution in [0.5, 0.6) is 0 Å². The Bertz CT molecular complexity index is 854. The third-order valence-corrected chi connectivity index (χ3v) is 3.86. The number of nitrogens with zero attached hydrogens (tertiary/aromatic N) is 4. The van der Waals surface area contributed by atoms with Gasteiger partial charge in [0.2, 0.25) is 0 Å². The van der Waals surface area contributed by atoms with Crippen LogP contribution in [-0.4, -0.2) is 27.0 Å². The van der Waals surface area contributed by atoms with E-state index in [2.05, 4.69) is 10.1 Å². The molecule has 1 amide bonds. The highest BCUT2D eigenvalue weighted by Crippen LogP contribution is 2.33. The lowest BCUT2D eigenvalue weighted by molar-refractivity contribution is 0.0991. The summed E-state index contributed by atoms with van der Waals surface area (Å²) in [7, 11) is 0. The SMILES string of the molecule is Nc1cccc2c1CCN2C(=O)c1cnn2ccncc12. The first-order chi connectivity index (χ1) is 10.3. The van der Waals surface area contributed by atoms with Gasteiger partial charge in [0.1, 0.15) is 0 Å². The number of aromatic nitrogens is 3. The Balaban J connectivity index is 1.79. The minimum absolute atomic E-state index is 0.0673. The van der Waals surface area contributed by atoms with Crippen LogP contribution in [0.2, 0.25) is 0 Å². The van der Waals surface area contributed by atoms with Gasteiger partial charge in [-0.2, -0.15) is 5.10 Å². The predicted octanol–water partition coefficient (Wildman–Crippen LogP) is 1.51. The summed E-state index contributed by atoms with van der Waals surface area (Å²) in [5.74, 6) is -0.0673. The van der Waals surface area contributed by atoms with Crippen LogP contribution < -0.4 is 10.6 Å². The Morgan fingerprint density at radius 1 is 1.29 bits per heavy atom. The van der Waals surface area contributed by atoms with Crippen molar-refractivity contribution in [3.05, 3.63) is 54.1 Å². The van der Waals surface area contributed by atoms with E-state index in [1.165, 1.54) is 0 Å². The van der Waals surface area contributed by atoms with E-state index in [0.29, 0.717) is 17.6 Å². The first-order valence-corrected chi connectivity index (χ1v) is 6.72. The third kappa shape index (κ3) is 1.69. The number of nitrogen functional groups attached to an aromatic ring is 1. The van der Waals surface area contributed by atoms with Crippen molar-refractivity contribution in [2.45, 2.75) is 6.42 Å². The van der Waals surface area contributed by atoms with Crippen LogP contribution in [0.1, 0.15) is 15.9 Å². The summed E-state index contributed by atoms with van der Waals surface area (Å²) < 4.78 is 1.65. The second-order valence-corrected chi connectivity index (χ2v) is 5.02. The van der Waals surface area contributed by atoms with Gasteiger partial charge in [0.25, 0.3) is 5.91 Å². The molecule has 0 saturated carbocycles. The normalized spacial score (nSPS) is 13.6. The fraction of sp³-hybridized carbons (Fsp3) is 0.133. The Kier molecular flexibility index (Phi) is 2.44. The van der Waals surface area contributed by atoms with E-state index in [0.717, 1.165) is 23.4 Å². The van der Waals surface area contributed by atoms with Gasteiger partial charge in [-0.3, -0.25) is 9.78 Å². The number of anilines is 2. The predicted molar refractivity (Wildman–Crippen MR) is 79.2 cm³/mol. The van der Waals surface area contributed by atoms with Crippen LogP contribution in [-0.2, 0) is 6.42 Å². The molecule has 0 unspecified atom stereocenters. The Morgan fingerprint density at radius 3 is 3.10 bits per heavy atom. The highest BCUT2D eigenvalue weighted by molar-refractivity contribution is 6.11. The smallest absolute Gasteiger partial charge is 0.262 e. The van der Waals surface area contributed by atoms with Gasteiger partial charge < -0.3 is 10.6 Å². The zero-order chi connectivity index (χ0) is 14.4. The average Bonchev–Trinajstić information content (AvgIpc) is 3.11. The Hall–Kier alpha value is -2.89. The second kappa shape index (κ2) is 4.31. The summed E-state index contributed by atoms with van der Waals surface area (Å²) in [6.45, 7) is 0.639. The molecule has 0 aliphatic carbocycles. The van der Waals surface area contributed by atoms with Crippen molar-refractivity contribution < 1.29 is 4.79 Å². The topological polar surface area (TPSA) is 76.5 Å². The van der Waals surface area contributed by atoms with Crippen LogP contribution in [0.3, 0.4) is 0 Å². The van der Waals surface area contributed by atoms with E-state index in [-0.39, 0.29) is 5.91 Å². The molecule has 0 saturated heterocycles. The fourth-order valence-electron chi connectivity index (χ4n) is 2.82. The maximum Gasteiger partial charge on any atom is 0.262 e. The monoisotopic (exact) mass is 279 g/mol. The molecule has 2 aromatic heterocycles. The van der Waals surface area contributed by atoms with Crippen molar-refractivity contribution >= 4 is 22.8 Å². The molecule has 3 aromatic rings. The minimum Gasteiger partial charge on any atom is -0.398 e. The molecular weight excluding hydrogens is 266 g/mol. The van der Waals surface area contributed by atoms with Crippen molar-refractivity contribution in [2.75, 3.05) is 17.2 Å². The zero-order valence-corrected chi connectivity index (χ0v) is 11.2. The van der Waals surface area contributed by atoms with E-state index in [1.54, 1.807) is 34.2 Å². The molecule has 1 aromatic carbocycles. The van der Waals surface area contributed by atoms with Crippen LogP contribution in [0.4, 0.5) is 11.4 Å². The van der Waals surface area contributed by atoms with E-state index < -0.39 is 0 Å². The molecule has 3 heterocycles. The summed E-state index contributed by atoms with van der Waals surface area (Å²) in [4.78, 5) is 18.6. The first kappa shape index (κ1) is 11.9. The van der Waals surface area contributed by atoms with Gasteiger partial charge in [-0.25, -0.2) is 4.52 Å². The molecule has 0 fully saturated rings. The maximum absolute atomic E-state index is 12.8. The molecule has 0 bridgehead atoms. The van der Waals surface area contributed by atoms with Crippen LogP contribution in [0.25, 0.3) is 5.52 Å². The highest BCUT2D eigenvalue weighted by Gasteiger charge is 2.28. The highest BCUT2D eigenvalue weighted by atomic mass is 16.2. The van der Waals surface area contributed by atoms with Crippen LogP contribution in [0, 0.1) is 0 Å². The molecule has 4 rings (SSSR count). The second-order valence-electron chi connectivity index (χ2n) is 5.02. The summed E-state index contributed by atoms with van der Waals surface area (Å²) in [6, 6.07) is 5.67. The van der Waals surface area contributed by atoms with Gasteiger partial charge >= 0.3 is 0 Å². The minimum atomic E-state index is -0.0673.